The van der Waals surface area contributed by atoms with Crippen molar-refractivity contribution in [2.24, 2.45) is 4.99 Å². The van der Waals surface area contributed by atoms with Crippen LogP contribution < -0.4 is 10.1 Å². The van der Waals surface area contributed by atoms with Crippen LogP contribution in [0.25, 0.3) is 0 Å². The van der Waals surface area contributed by atoms with E-state index in [9.17, 15) is 22.8 Å². The SMILES string of the molecule is CCCCN1C(=O)C[C@@H](C(=O)Nc2ccc(OCC)cc2)SC1=Nc1ccc(Cl)c(C(F)(F)F)c1. The summed E-state index contributed by atoms with van der Waals surface area (Å²) in [5.41, 5.74) is -0.491. The Morgan fingerprint density at radius 2 is 1.94 bits per heavy atom. The summed E-state index contributed by atoms with van der Waals surface area (Å²) in [6, 6.07) is 10.1. The van der Waals surface area contributed by atoms with E-state index in [2.05, 4.69) is 10.3 Å². The molecule has 1 fully saturated rings. The van der Waals surface area contributed by atoms with Gasteiger partial charge in [-0.3, -0.25) is 14.5 Å². The van der Waals surface area contributed by atoms with Crippen molar-refractivity contribution < 1.29 is 27.5 Å². The molecule has 0 spiro atoms. The van der Waals surface area contributed by atoms with Crippen LogP contribution in [0, 0.1) is 0 Å². The number of hydrogen-bond acceptors (Lipinski definition) is 5. The Hall–Kier alpha value is -2.72. The lowest BCUT2D eigenvalue weighted by Gasteiger charge is -2.31. The van der Waals surface area contributed by atoms with Gasteiger partial charge in [-0.2, -0.15) is 13.2 Å². The molecular weight excluding hydrogens is 503 g/mol. The van der Waals surface area contributed by atoms with Crippen LogP contribution in [-0.4, -0.2) is 40.3 Å². The summed E-state index contributed by atoms with van der Waals surface area (Å²) in [5.74, 6) is -0.0508. The van der Waals surface area contributed by atoms with Gasteiger partial charge in [0.2, 0.25) is 11.8 Å². The number of amides is 2. The predicted octanol–water partition coefficient (Wildman–Crippen LogP) is 6.52. The van der Waals surface area contributed by atoms with Crippen molar-refractivity contribution in [3.63, 3.8) is 0 Å². The Morgan fingerprint density at radius 1 is 1.23 bits per heavy atom. The molecule has 3 rings (SSSR count). The number of nitrogens with zero attached hydrogens (tertiary/aromatic N) is 2. The number of nitrogens with one attached hydrogen (secondary N) is 1. The second-order valence-electron chi connectivity index (χ2n) is 7.71. The smallest absolute Gasteiger partial charge is 0.417 e. The third-order valence-electron chi connectivity index (χ3n) is 5.08. The summed E-state index contributed by atoms with van der Waals surface area (Å²) in [6.07, 6.45) is -3.21. The van der Waals surface area contributed by atoms with E-state index in [-0.39, 0.29) is 23.2 Å². The molecule has 188 valence electrons. The van der Waals surface area contributed by atoms with Gasteiger partial charge in [0.1, 0.15) is 11.0 Å². The topological polar surface area (TPSA) is 71.0 Å². The quantitative estimate of drug-likeness (QED) is 0.424. The number of thioether (sulfide) groups is 1. The first-order valence-corrected chi connectivity index (χ1v) is 12.3. The molecule has 2 aromatic carbocycles. The lowest BCUT2D eigenvalue weighted by atomic mass is 10.2. The van der Waals surface area contributed by atoms with E-state index >= 15 is 0 Å². The zero-order chi connectivity index (χ0) is 25.6. The number of hydrogen-bond donors (Lipinski definition) is 1. The molecule has 1 atom stereocenters. The molecule has 2 amide bonds. The molecule has 0 radical (unpaired) electrons. The molecule has 1 heterocycles. The van der Waals surface area contributed by atoms with Crippen molar-refractivity contribution in [3.8, 4) is 5.75 Å². The summed E-state index contributed by atoms with van der Waals surface area (Å²) in [6.45, 7) is 4.69. The first-order valence-electron chi connectivity index (χ1n) is 11.1. The Labute approximate surface area is 210 Å². The molecule has 0 bridgehead atoms. The predicted molar refractivity (Wildman–Crippen MR) is 132 cm³/mol. The van der Waals surface area contributed by atoms with Crippen molar-refractivity contribution >= 4 is 51.7 Å². The number of carbonyl (C=O) groups excluding carboxylic acids is 2. The Morgan fingerprint density at radius 3 is 2.57 bits per heavy atom. The number of halogens is 4. The van der Waals surface area contributed by atoms with Crippen molar-refractivity contribution in [1.29, 1.82) is 0 Å². The zero-order valence-corrected chi connectivity index (χ0v) is 20.8. The van der Waals surface area contributed by atoms with Crippen LogP contribution in [0.15, 0.2) is 47.5 Å². The van der Waals surface area contributed by atoms with E-state index in [1.54, 1.807) is 24.3 Å². The van der Waals surface area contributed by atoms with E-state index in [1.807, 2.05) is 13.8 Å². The van der Waals surface area contributed by atoms with Gasteiger partial charge in [0.25, 0.3) is 0 Å². The van der Waals surface area contributed by atoms with E-state index < -0.39 is 27.9 Å². The van der Waals surface area contributed by atoms with Gasteiger partial charge in [-0.05, 0) is 55.8 Å². The van der Waals surface area contributed by atoms with Crippen LogP contribution in [0.4, 0.5) is 24.5 Å². The van der Waals surface area contributed by atoms with Gasteiger partial charge in [0.15, 0.2) is 5.17 Å². The molecular formula is C24H25ClF3N3O3S. The number of ether oxygens (including phenoxy) is 1. The third kappa shape index (κ3) is 7.14. The number of anilines is 1. The summed E-state index contributed by atoms with van der Waals surface area (Å²) in [4.78, 5) is 31.6. The highest BCUT2D eigenvalue weighted by Gasteiger charge is 2.36. The van der Waals surface area contributed by atoms with Gasteiger partial charge < -0.3 is 10.1 Å². The fourth-order valence-corrected chi connectivity index (χ4v) is 4.66. The highest BCUT2D eigenvalue weighted by atomic mass is 35.5. The second-order valence-corrected chi connectivity index (χ2v) is 9.29. The van der Waals surface area contributed by atoms with Crippen molar-refractivity contribution in [1.82, 2.24) is 4.90 Å². The molecule has 0 aliphatic carbocycles. The highest BCUT2D eigenvalue weighted by Crippen LogP contribution is 2.38. The Balaban J connectivity index is 1.85. The average Bonchev–Trinajstić information content (AvgIpc) is 2.80. The molecule has 0 aromatic heterocycles. The number of aliphatic imine (C=N–C) groups is 1. The van der Waals surface area contributed by atoms with E-state index in [1.165, 1.54) is 11.0 Å². The maximum Gasteiger partial charge on any atom is 0.417 e. The molecule has 6 nitrogen and oxygen atoms in total. The van der Waals surface area contributed by atoms with E-state index in [4.69, 9.17) is 16.3 Å². The normalized spacial score (nSPS) is 17.5. The third-order valence-corrected chi connectivity index (χ3v) is 6.60. The monoisotopic (exact) mass is 527 g/mol. The van der Waals surface area contributed by atoms with Crippen LogP contribution in [0.2, 0.25) is 5.02 Å². The minimum atomic E-state index is -4.65. The van der Waals surface area contributed by atoms with Gasteiger partial charge in [0.05, 0.1) is 22.9 Å². The van der Waals surface area contributed by atoms with Crippen LogP contribution in [0.1, 0.15) is 38.7 Å². The number of rotatable bonds is 8. The number of unbranched alkanes of at least 4 members (excludes halogenated alkanes) is 1. The maximum absolute atomic E-state index is 13.3. The van der Waals surface area contributed by atoms with Crippen LogP contribution in [0.5, 0.6) is 5.75 Å². The average molecular weight is 528 g/mol. The lowest BCUT2D eigenvalue weighted by molar-refractivity contribution is -0.137. The summed E-state index contributed by atoms with van der Waals surface area (Å²) < 4.78 is 45.3. The molecule has 1 aliphatic rings. The van der Waals surface area contributed by atoms with Crippen LogP contribution in [0.3, 0.4) is 0 Å². The molecule has 1 aliphatic heterocycles. The van der Waals surface area contributed by atoms with Gasteiger partial charge in [-0.15, -0.1) is 0 Å². The Bertz CT molecular complexity index is 1090. The van der Waals surface area contributed by atoms with Crippen molar-refractivity contribution in [2.45, 2.75) is 44.5 Å². The molecule has 1 N–H and O–H groups in total. The minimum absolute atomic E-state index is 0.00825. The van der Waals surface area contributed by atoms with Gasteiger partial charge >= 0.3 is 6.18 Å². The number of alkyl halides is 3. The van der Waals surface area contributed by atoms with Crippen molar-refractivity contribution in [2.75, 3.05) is 18.5 Å². The largest absolute Gasteiger partial charge is 0.494 e. The highest BCUT2D eigenvalue weighted by molar-refractivity contribution is 8.15. The van der Waals surface area contributed by atoms with Gasteiger partial charge in [-0.1, -0.05) is 36.7 Å². The molecule has 35 heavy (non-hydrogen) atoms. The number of benzene rings is 2. The fourth-order valence-electron chi connectivity index (χ4n) is 3.31. The zero-order valence-electron chi connectivity index (χ0n) is 19.2. The standard InChI is InChI=1S/C24H25ClF3N3O3S/c1-3-5-12-31-21(32)14-20(22(33)29-15-6-9-17(10-7-15)34-4-2)35-23(31)30-16-8-11-19(25)18(13-16)24(26,27)28/h6-11,13,20H,3-5,12,14H2,1-2H3,(H,29,33)/t20-/m0/s1. The summed E-state index contributed by atoms with van der Waals surface area (Å²) in [7, 11) is 0. The van der Waals surface area contributed by atoms with Gasteiger partial charge in [0, 0.05) is 18.7 Å². The Kier molecular flexibility index (Phi) is 9.07. The first kappa shape index (κ1) is 26.9. The van der Waals surface area contributed by atoms with Crippen LogP contribution >= 0.6 is 23.4 Å². The summed E-state index contributed by atoms with van der Waals surface area (Å²) >= 11 is 6.76. The van der Waals surface area contributed by atoms with Crippen LogP contribution in [-0.2, 0) is 15.8 Å². The minimum Gasteiger partial charge on any atom is -0.494 e. The first-order chi connectivity index (χ1) is 16.6. The molecule has 11 heteroatoms. The number of carbonyl (C=O) groups is 2. The summed E-state index contributed by atoms with van der Waals surface area (Å²) in [5, 5.41) is 1.72. The van der Waals surface area contributed by atoms with E-state index in [0.29, 0.717) is 31.0 Å². The molecule has 0 saturated carbocycles. The lowest BCUT2D eigenvalue weighted by Crippen LogP contribution is -2.45. The molecule has 2 aromatic rings. The maximum atomic E-state index is 13.3. The van der Waals surface area contributed by atoms with Gasteiger partial charge in [-0.25, -0.2) is 4.99 Å². The van der Waals surface area contributed by atoms with Crippen molar-refractivity contribution in [3.05, 3.63) is 53.1 Å². The molecule has 0 unspecified atom stereocenters. The number of amidine groups is 1. The second kappa shape index (κ2) is 11.8. The fraction of sp³-hybridized carbons (Fsp3) is 0.375. The van der Waals surface area contributed by atoms with E-state index in [0.717, 1.165) is 30.3 Å². The molecule has 1 saturated heterocycles.